The Hall–Kier alpha value is -0.870. The molecule has 1 rings (SSSR count). The van der Waals surface area contributed by atoms with Crippen LogP contribution in [0.1, 0.15) is 13.8 Å². The molecule has 0 aliphatic rings. The van der Waals surface area contributed by atoms with Crippen molar-refractivity contribution in [1.82, 2.24) is 9.97 Å². The van der Waals surface area contributed by atoms with Crippen molar-refractivity contribution in [2.45, 2.75) is 19.9 Å². The fraction of sp³-hybridized carbons (Fsp3) is 0.556. The zero-order chi connectivity index (χ0) is 10.6. The van der Waals surface area contributed by atoms with Gasteiger partial charge in [0.05, 0.1) is 6.61 Å². The lowest BCUT2D eigenvalue weighted by Gasteiger charge is -2.26. The summed E-state index contributed by atoms with van der Waals surface area (Å²) in [6, 6.07) is 1.96. The summed E-state index contributed by atoms with van der Waals surface area (Å²) in [5.74, 6) is 0.744. The van der Waals surface area contributed by atoms with E-state index in [0.717, 1.165) is 5.82 Å². The number of halogens is 1. The van der Waals surface area contributed by atoms with Gasteiger partial charge < -0.3 is 10.0 Å². The van der Waals surface area contributed by atoms with Crippen LogP contribution in [0.5, 0.6) is 0 Å². The monoisotopic (exact) mass is 215 g/mol. The van der Waals surface area contributed by atoms with Crippen LogP contribution in [0.2, 0.25) is 5.15 Å². The highest BCUT2D eigenvalue weighted by molar-refractivity contribution is 6.29. The van der Waals surface area contributed by atoms with Gasteiger partial charge in [0.25, 0.3) is 0 Å². The van der Waals surface area contributed by atoms with Crippen LogP contribution in [0.4, 0.5) is 5.82 Å². The molecule has 78 valence electrons. The molecule has 0 fully saturated rings. The molecule has 0 aliphatic carbocycles. The van der Waals surface area contributed by atoms with E-state index < -0.39 is 0 Å². The van der Waals surface area contributed by atoms with Gasteiger partial charge in [0.15, 0.2) is 0 Å². The molecule has 0 saturated carbocycles. The van der Waals surface area contributed by atoms with Crippen LogP contribution in [0, 0.1) is 0 Å². The third kappa shape index (κ3) is 2.82. The fourth-order valence-corrected chi connectivity index (χ4v) is 1.37. The second-order valence-electron chi connectivity index (χ2n) is 3.21. The van der Waals surface area contributed by atoms with E-state index in [1.165, 1.54) is 6.33 Å². The van der Waals surface area contributed by atoms with E-state index in [0.29, 0.717) is 11.7 Å². The van der Waals surface area contributed by atoms with Crippen LogP contribution < -0.4 is 4.90 Å². The van der Waals surface area contributed by atoms with Gasteiger partial charge in [0.1, 0.15) is 17.3 Å². The highest BCUT2D eigenvalue weighted by atomic mass is 35.5. The molecule has 0 spiro atoms. The minimum Gasteiger partial charge on any atom is -0.395 e. The summed E-state index contributed by atoms with van der Waals surface area (Å²) in [5, 5.41) is 9.31. The summed E-state index contributed by atoms with van der Waals surface area (Å²) in [6.07, 6.45) is 1.42. The Labute approximate surface area is 88.6 Å². The molecule has 1 aromatic heterocycles. The minimum absolute atomic E-state index is 0.0970. The van der Waals surface area contributed by atoms with E-state index in [4.69, 9.17) is 16.7 Å². The van der Waals surface area contributed by atoms with Gasteiger partial charge in [0.2, 0.25) is 0 Å². The van der Waals surface area contributed by atoms with Crippen LogP contribution in [0.15, 0.2) is 12.4 Å². The lowest BCUT2D eigenvalue weighted by Crippen LogP contribution is -2.34. The van der Waals surface area contributed by atoms with Crippen molar-refractivity contribution in [3.05, 3.63) is 17.5 Å². The normalized spacial score (nSPS) is 10.6. The number of hydrogen-bond acceptors (Lipinski definition) is 4. The third-order valence-electron chi connectivity index (χ3n) is 1.88. The van der Waals surface area contributed by atoms with E-state index in [-0.39, 0.29) is 12.6 Å². The van der Waals surface area contributed by atoms with Crippen LogP contribution in [-0.2, 0) is 0 Å². The van der Waals surface area contributed by atoms with Crippen molar-refractivity contribution in [3.8, 4) is 0 Å². The molecule has 1 N–H and O–H groups in total. The molecule has 0 saturated heterocycles. The van der Waals surface area contributed by atoms with Gasteiger partial charge in [0, 0.05) is 18.7 Å². The summed E-state index contributed by atoms with van der Waals surface area (Å²) >= 11 is 5.75. The summed E-state index contributed by atoms with van der Waals surface area (Å²) < 4.78 is 0. The Morgan fingerprint density at radius 3 is 2.71 bits per heavy atom. The molecule has 0 radical (unpaired) electrons. The fourth-order valence-electron chi connectivity index (χ4n) is 1.23. The quantitative estimate of drug-likeness (QED) is 0.771. The van der Waals surface area contributed by atoms with Crippen molar-refractivity contribution in [2.75, 3.05) is 18.1 Å². The van der Waals surface area contributed by atoms with Gasteiger partial charge in [-0.05, 0) is 13.8 Å². The molecule has 14 heavy (non-hydrogen) atoms. The predicted molar refractivity (Wildman–Crippen MR) is 56.6 cm³/mol. The number of nitrogens with zero attached hydrogens (tertiary/aromatic N) is 3. The van der Waals surface area contributed by atoms with Crippen molar-refractivity contribution in [3.63, 3.8) is 0 Å². The van der Waals surface area contributed by atoms with Crippen LogP contribution >= 0.6 is 11.6 Å². The average Bonchev–Trinajstić information content (AvgIpc) is 2.13. The standard InChI is InChI=1S/C9H14ClN3O/c1-7(2)13(3-4-14)9-5-8(10)11-6-12-9/h5-7,14H,3-4H2,1-2H3. The van der Waals surface area contributed by atoms with E-state index in [2.05, 4.69) is 9.97 Å². The first-order valence-electron chi connectivity index (χ1n) is 4.50. The average molecular weight is 216 g/mol. The van der Waals surface area contributed by atoms with Crippen molar-refractivity contribution in [1.29, 1.82) is 0 Å². The molecule has 5 heteroatoms. The molecular weight excluding hydrogens is 202 g/mol. The molecular formula is C9H14ClN3O. The topological polar surface area (TPSA) is 49.2 Å². The van der Waals surface area contributed by atoms with Crippen LogP contribution in [-0.4, -0.2) is 34.3 Å². The molecule has 0 amide bonds. The molecule has 0 unspecified atom stereocenters. The second-order valence-corrected chi connectivity index (χ2v) is 3.60. The van der Waals surface area contributed by atoms with Gasteiger partial charge >= 0.3 is 0 Å². The van der Waals surface area contributed by atoms with E-state index >= 15 is 0 Å². The Morgan fingerprint density at radius 1 is 1.50 bits per heavy atom. The van der Waals surface area contributed by atoms with Crippen molar-refractivity contribution >= 4 is 17.4 Å². The lowest BCUT2D eigenvalue weighted by atomic mass is 10.3. The SMILES string of the molecule is CC(C)N(CCO)c1cc(Cl)ncn1. The van der Waals surface area contributed by atoms with E-state index in [1.807, 2.05) is 18.7 Å². The summed E-state index contributed by atoms with van der Waals surface area (Å²) in [5.41, 5.74) is 0. The summed E-state index contributed by atoms with van der Waals surface area (Å²) in [4.78, 5) is 9.87. The van der Waals surface area contributed by atoms with Gasteiger partial charge in [-0.25, -0.2) is 9.97 Å². The zero-order valence-electron chi connectivity index (χ0n) is 8.31. The number of rotatable bonds is 4. The lowest BCUT2D eigenvalue weighted by molar-refractivity contribution is 0.298. The maximum atomic E-state index is 8.90. The first kappa shape index (κ1) is 11.2. The molecule has 0 atom stereocenters. The van der Waals surface area contributed by atoms with Gasteiger partial charge in [-0.3, -0.25) is 0 Å². The minimum atomic E-state index is 0.0970. The van der Waals surface area contributed by atoms with E-state index in [1.54, 1.807) is 6.07 Å². The Bertz CT molecular complexity index is 293. The smallest absolute Gasteiger partial charge is 0.134 e. The molecule has 0 aliphatic heterocycles. The first-order chi connectivity index (χ1) is 6.65. The van der Waals surface area contributed by atoms with Crippen molar-refractivity contribution in [2.24, 2.45) is 0 Å². The molecule has 0 bridgehead atoms. The zero-order valence-corrected chi connectivity index (χ0v) is 9.07. The predicted octanol–water partition coefficient (Wildman–Crippen LogP) is 1.34. The van der Waals surface area contributed by atoms with Crippen LogP contribution in [0.3, 0.4) is 0 Å². The molecule has 0 aromatic carbocycles. The highest BCUT2D eigenvalue weighted by Crippen LogP contribution is 2.15. The Kier molecular flexibility index (Phi) is 4.10. The summed E-state index contributed by atoms with van der Waals surface area (Å²) in [7, 11) is 0. The summed E-state index contributed by atoms with van der Waals surface area (Å²) in [6.45, 7) is 4.71. The van der Waals surface area contributed by atoms with E-state index in [9.17, 15) is 0 Å². The number of hydrogen-bond donors (Lipinski definition) is 1. The highest BCUT2D eigenvalue weighted by Gasteiger charge is 2.11. The first-order valence-corrected chi connectivity index (χ1v) is 4.88. The molecule has 1 heterocycles. The number of anilines is 1. The van der Waals surface area contributed by atoms with Gasteiger partial charge in [-0.15, -0.1) is 0 Å². The molecule has 1 aromatic rings. The Balaban J connectivity index is 2.87. The van der Waals surface area contributed by atoms with Crippen LogP contribution in [0.25, 0.3) is 0 Å². The third-order valence-corrected chi connectivity index (χ3v) is 2.08. The number of aliphatic hydroxyl groups excluding tert-OH is 1. The van der Waals surface area contributed by atoms with Gasteiger partial charge in [-0.2, -0.15) is 0 Å². The van der Waals surface area contributed by atoms with Crippen molar-refractivity contribution < 1.29 is 5.11 Å². The maximum Gasteiger partial charge on any atom is 0.134 e. The number of aromatic nitrogens is 2. The van der Waals surface area contributed by atoms with Gasteiger partial charge in [-0.1, -0.05) is 11.6 Å². The second kappa shape index (κ2) is 5.12. The Morgan fingerprint density at radius 2 is 2.21 bits per heavy atom. The number of aliphatic hydroxyl groups is 1. The maximum absolute atomic E-state index is 8.90. The largest absolute Gasteiger partial charge is 0.395 e. The molecule has 4 nitrogen and oxygen atoms in total.